The van der Waals surface area contributed by atoms with Gasteiger partial charge in [-0.1, -0.05) is 30.2 Å². The van der Waals surface area contributed by atoms with Gasteiger partial charge in [-0.15, -0.1) is 0 Å². The molecule has 0 aromatic heterocycles. The summed E-state index contributed by atoms with van der Waals surface area (Å²) in [6, 6.07) is 12.2. The van der Waals surface area contributed by atoms with Crippen LogP contribution in [0.15, 0.2) is 47.5 Å². The van der Waals surface area contributed by atoms with Crippen LogP contribution in [-0.2, 0) is 21.7 Å². The van der Waals surface area contributed by atoms with Gasteiger partial charge in [0, 0.05) is 22.1 Å². The van der Waals surface area contributed by atoms with Gasteiger partial charge < -0.3 is 9.84 Å². The molecule has 2 heterocycles. The molecule has 0 saturated carbocycles. The number of rotatable bonds is 4. The molecule has 0 spiro atoms. The van der Waals surface area contributed by atoms with Gasteiger partial charge in [0.25, 0.3) is 0 Å². The molecule has 3 aliphatic rings. The summed E-state index contributed by atoms with van der Waals surface area (Å²) in [6.45, 7) is 10.9. The molecule has 186 valence electrons. The number of carbonyl (C=O) groups is 1. The number of carboxylic acid groups (broad SMARTS) is 1. The summed E-state index contributed by atoms with van der Waals surface area (Å²) in [5, 5.41) is 12.4. The van der Waals surface area contributed by atoms with Gasteiger partial charge in [-0.05, 0) is 101 Å². The number of hydrogen-bond acceptors (Lipinski definition) is 4. The van der Waals surface area contributed by atoms with Crippen molar-refractivity contribution < 1.29 is 19.5 Å². The minimum atomic E-state index is -0.807. The number of nitrogens with zero attached hydrogens (tertiary/aromatic N) is 1. The van der Waals surface area contributed by atoms with Crippen LogP contribution in [0, 0.1) is 11.8 Å². The van der Waals surface area contributed by atoms with E-state index in [2.05, 4.69) is 39.0 Å². The summed E-state index contributed by atoms with van der Waals surface area (Å²) in [4.78, 5) is 18.6. The monoisotopic (exact) mass is 495 g/mol. The van der Waals surface area contributed by atoms with Gasteiger partial charge in [-0.2, -0.15) is 0 Å². The zero-order valence-corrected chi connectivity index (χ0v) is 21.9. The lowest BCUT2D eigenvalue weighted by molar-refractivity contribution is -0.133. The van der Waals surface area contributed by atoms with Gasteiger partial charge in [0.1, 0.15) is 17.0 Å². The molecule has 2 aromatic carbocycles. The lowest BCUT2D eigenvalue weighted by atomic mass is 9.78. The summed E-state index contributed by atoms with van der Waals surface area (Å²) in [5.41, 5.74) is 4.89. The van der Waals surface area contributed by atoms with Gasteiger partial charge in [-0.25, -0.2) is 4.79 Å². The first kappa shape index (κ1) is 24.2. The van der Waals surface area contributed by atoms with Crippen molar-refractivity contribution in [1.29, 1.82) is 0 Å². The second kappa shape index (κ2) is 8.56. The van der Waals surface area contributed by atoms with E-state index in [1.165, 1.54) is 5.56 Å². The highest BCUT2D eigenvalue weighted by Crippen LogP contribution is 2.49. The standard InChI is InChI=1S/C29H34ClNO4/c1-17-6-7-20(18(2)26(17)27(32)33)16-31-24-10-9-22(30)15-23(24)29(5,35-31)21-8-11-25-19(14-21)12-13-28(3,4)34-25/h8-11,14-15,17,20H,6-7,12-13,16H2,1-5H3,(H,32,33). The van der Waals surface area contributed by atoms with Crippen molar-refractivity contribution in [2.24, 2.45) is 11.8 Å². The fourth-order valence-electron chi connectivity index (χ4n) is 5.95. The molecule has 1 aliphatic carbocycles. The SMILES string of the molecule is CC1=C(C(=O)O)C(C)CCC1CN1OC(C)(c2ccc3c(c2)CCC(C)(C)O3)c2cc(Cl)ccc21. The molecule has 1 N–H and O–H groups in total. The summed E-state index contributed by atoms with van der Waals surface area (Å²) in [7, 11) is 0. The number of hydrogen-bond donors (Lipinski definition) is 1. The number of anilines is 1. The first-order valence-electron chi connectivity index (χ1n) is 12.5. The van der Waals surface area contributed by atoms with Crippen molar-refractivity contribution in [2.75, 3.05) is 11.6 Å². The van der Waals surface area contributed by atoms with Crippen LogP contribution >= 0.6 is 11.6 Å². The Hall–Kier alpha value is -2.50. The van der Waals surface area contributed by atoms with Gasteiger partial charge >= 0.3 is 5.97 Å². The minimum Gasteiger partial charge on any atom is -0.488 e. The van der Waals surface area contributed by atoms with Crippen molar-refractivity contribution in [3.63, 3.8) is 0 Å². The smallest absolute Gasteiger partial charge is 0.331 e. The van der Waals surface area contributed by atoms with Crippen LogP contribution in [0.3, 0.4) is 0 Å². The number of benzene rings is 2. The van der Waals surface area contributed by atoms with E-state index in [4.69, 9.17) is 21.2 Å². The van der Waals surface area contributed by atoms with Gasteiger partial charge in [0.05, 0.1) is 12.2 Å². The summed E-state index contributed by atoms with van der Waals surface area (Å²) in [5.74, 6) is 0.316. The molecule has 0 radical (unpaired) electrons. The Labute approximate surface area is 212 Å². The quantitative estimate of drug-likeness (QED) is 0.499. The first-order chi connectivity index (χ1) is 16.5. The highest BCUT2D eigenvalue weighted by Gasteiger charge is 2.44. The van der Waals surface area contributed by atoms with Crippen molar-refractivity contribution in [1.82, 2.24) is 0 Å². The van der Waals surface area contributed by atoms with E-state index in [1.54, 1.807) is 0 Å². The topological polar surface area (TPSA) is 59.0 Å². The third-order valence-corrected chi connectivity index (χ3v) is 8.36. The molecule has 0 saturated heterocycles. The van der Waals surface area contributed by atoms with Crippen molar-refractivity contribution >= 4 is 23.3 Å². The average molecular weight is 496 g/mol. The van der Waals surface area contributed by atoms with Crippen molar-refractivity contribution in [3.05, 3.63) is 69.3 Å². The van der Waals surface area contributed by atoms with Crippen LogP contribution in [0.5, 0.6) is 5.75 Å². The van der Waals surface area contributed by atoms with Crippen LogP contribution < -0.4 is 9.80 Å². The molecular formula is C29H34ClNO4. The molecule has 0 fully saturated rings. The number of aryl methyl sites for hydroxylation is 1. The second-order valence-corrected chi connectivity index (χ2v) is 11.5. The number of carboxylic acids is 1. The fourth-order valence-corrected chi connectivity index (χ4v) is 6.13. The van der Waals surface area contributed by atoms with Crippen LogP contribution in [0.25, 0.3) is 0 Å². The molecule has 3 unspecified atom stereocenters. The highest BCUT2D eigenvalue weighted by molar-refractivity contribution is 6.30. The lowest BCUT2D eigenvalue weighted by Gasteiger charge is -2.35. The number of ether oxygens (including phenoxy) is 1. The van der Waals surface area contributed by atoms with Crippen LogP contribution in [0.4, 0.5) is 5.69 Å². The Morgan fingerprint density at radius 3 is 2.69 bits per heavy atom. The van der Waals surface area contributed by atoms with E-state index >= 15 is 0 Å². The first-order valence-corrected chi connectivity index (χ1v) is 12.9. The van der Waals surface area contributed by atoms with E-state index in [0.29, 0.717) is 17.1 Å². The molecule has 6 heteroatoms. The van der Waals surface area contributed by atoms with E-state index in [-0.39, 0.29) is 17.4 Å². The van der Waals surface area contributed by atoms with Gasteiger partial charge in [0.2, 0.25) is 0 Å². The molecule has 2 aliphatic heterocycles. The highest BCUT2D eigenvalue weighted by atomic mass is 35.5. The molecule has 0 amide bonds. The van der Waals surface area contributed by atoms with Crippen molar-refractivity contribution in [2.45, 2.75) is 71.5 Å². The molecular weight excluding hydrogens is 462 g/mol. The third-order valence-electron chi connectivity index (χ3n) is 8.12. The normalized spacial score (nSPS) is 27.3. The third kappa shape index (κ3) is 4.23. The molecule has 5 nitrogen and oxygen atoms in total. The Morgan fingerprint density at radius 2 is 1.94 bits per heavy atom. The maximum absolute atomic E-state index is 11.9. The van der Waals surface area contributed by atoms with Crippen LogP contribution in [0.1, 0.15) is 70.6 Å². The lowest BCUT2D eigenvalue weighted by Crippen LogP contribution is -2.35. The summed E-state index contributed by atoms with van der Waals surface area (Å²) >= 11 is 6.45. The molecule has 0 bridgehead atoms. The summed E-state index contributed by atoms with van der Waals surface area (Å²) in [6.07, 6.45) is 3.73. The molecule has 5 rings (SSSR count). The Bertz CT molecular complexity index is 1220. The number of halogens is 1. The van der Waals surface area contributed by atoms with E-state index in [9.17, 15) is 9.90 Å². The zero-order valence-electron chi connectivity index (χ0n) is 21.2. The van der Waals surface area contributed by atoms with E-state index in [0.717, 1.165) is 53.8 Å². The number of fused-ring (bicyclic) bond motifs is 2. The Morgan fingerprint density at radius 1 is 1.17 bits per heavy atom. The van der Waals surface area contributed by atoms with Crippen LogP contribution in [-0.4, -0.2) is 23.2 Å². The van der Waals surface area contributed by atoms with Crippen LogP contribution in [0.2, 0.25) is 5.02 Å². The largest absolute Gasteiger partial charge is 0.488 e. The molecule has 3 atom stereocenters. The minimum absolute atomic E-state index is 0.0716. The molecule has 35 heavy (non-hydrogen) atoms. The Kier molecular flexibility index (Phi) is 5.92. The van der Waals surface area contributed by atoms with E-state index < -0.39 is 11.6 Å². The number of hydroxylamine groups is 1. The average Bonchev–Trinajstić information content (AvgIpc) is 3.06. The van der Waals surface area contributed by atoms with Crippen molar-refractivity contribution in [3.8, 4) is 5.75 Å². The predicted molar refractivity (Wildman–Crippen MR) is 138 cm³/mol. The molecule has 2 aromatic rings. The maximum Gasteiger partial charge on any atom is 0.331 e. The summed E-state index contributed by atoms with van der Waals surface area (Å²) < 4.78 is 6.20. The second-order valence-electron chi connectivity index (χ2n) is 11.1. The van der Waals surface area contributed by atoms with E-state index in [1.807, 2.05) is 37.1 Å². The van der Waals surface area contributed by atoms with Gasteiger partial charge in [-0.3, -0.25) is 9.90 Å². The zero-order chi connectivity index (χ0) is 25.1. The maximum atomic E-state index is 11.9. The Balaban J connectivity index is 1.50. The van der Waals surface area contributed by atoms with Gasteiger partial charge in [0.15, 0.2) is 0 Å². The predicted octanol–water partition coefficient (Wildman–Crippen LogP) is 6.91. The fraction of sp³-hybridized carbons (Fsp3) is 0.483. The number of aliphatic carboxylic acids is 1.